The maximum Gasteiger partial charge on any atom is 0.573 e. The van der Waals surface area contributed by atoms with E-state index in [1.807, 2.05) is 24.3 Å². The number of alkyl halides is 3. The first-order valence-electron chi connectivity index (χ1n) is 10.0. The molecule has 2 aromatic carbocycles. The van der Waals surface area contributed by atoms with Crippen LogP contribution in [0.4, 0.5) is 18.9 Å². The molecule has 0 bridgehead atoms. The molecule has 6 nitrogen and oxygen atoms in total. The minimum Gasteiger partial charge on any atom is -0.406 e. The topological polar surface area (TPSA) is 69.2 Å². The summed E-state index contributed by atoms with van der Waals surface area (Å²) >= 11 is 0. The number of pyridine rings is 1. The van der Waals surface area contributed by atoms with Crippen molar-refractivity contribution in [3.8, 4) is 11.6 Å². The Bertz CT molecular complexity index is 1250. The summed E-state index contributed by atoms with van der Waals surface area (Å²) in [5.74, 6) is 0.336. The summed E-state index contributed by atoms with van der Waals surface area (Å²) in [4.78, 5) is 11.4. The first-order chi connectivity index (χ1) is 14.9. The Labute approximate surface area is 176 Å². The molecule has 0 radical (unpaired) electrons. The molecule has 0 unspecified atom stereocenters. The smallest absolute Gasteiger partial charge is 0.406 e. The van der Waals surface area contributed by atoms with E-state index in [9.17, 15) is 13.2 Å². The van der Waals surface area contributed by atoms with Crippen molar-refractivity contribution in [3.63, 3.8) is 0 Å². The summed E-state index contributed by atoms with van der Waals surface area (Å²) in [6, 6.07) is 14.3. The van der Waals surface area contributed by atoms with Gasteiger partial charge in [-0.25, -0.2) is 9.97 Å². The normalized spacial score (nSPS) is 15.7. The molecule has 160 valence electrons. The van der Waals surface area contributed by atoms with Gasteiger partial charge in [0.1, 0.15) is 17.9 Å². The van der Waals surface area contributed by atoms with Gasteiger partial charge in [-0.3, -0.25) is 4.57 Å². The number of ether oxygens (including phenoxy) is 1. The van der Waals surface area contributed by atoms with Gasteiger partial charge in [0.25, 0.3) is 0 Å². The highest BCUT2D eigenvalue weighted by atomic mass is 19.4. The SMILES string of the molecule is NC1CCN(c2cccc3ccc(-n4cnc5cc(OC(F)(F)F)ccc54)nc23)CC1. The number of fused-ring (bicyclic) bond motifs is 2. The van der Waals surface area contributed by atoms with Gasteiger partial charge in [0.15, 0.2) is 0 Å². The van der Waals surface area contributed by atoms with Crippen molar-refractivity contribution in [2.24, 2.45) is 5.73 Å². The highest BCUT2D eigenvalue weighted by molar-refractivity contribution is 5.92. The number of nitrogens with zero attached hydrogens (tertiary/aromatic N) is 4. The number of para-hydroxylation sites is 1. The Morgan fingerprint density at radius 2 is 1.84 bits per heavy atom. The number of hydrogen-bond acceptors (Lipinski definition) is 5. The van der Waals surface area contributed by atoms with Crippen molar-refractivity contribution in [2.75, 3.05) is 18.0 Å². The van der Waals surface area contributed by atoms with Crippen LogP contribution in [0.1, 0.15) is 12.8 Å². The summed E-state index contributed by atoms with van der Waals surface area (Å²) in [6.45, 7) is 1.75. The minimum absolute atomic E-state index is 0.235. The van der Waals surface area contributed by atoms with Gasteiger partial charge in [0, 0.05) is 30.6 Å². The van der Waals surface area contributed by atoms with E-state index >= 15 is 0 Å². The maximum atomic E-state index is 12.5. The Morgan fingerprint density at radius 3 is 2.61 bits per heavy atom. The lowest BCUT2D eigenvalue weighted by Gasteiger charge is -2.32. The van der Waals surface area contributed by atoms with Crippen LogP contribution in [-0.4, -0.2) is 40.0 Å². The van der Waals surface area contributed by atoms with Crippen LogP contribution in [0.25, 0.3) is 27.8 Å². The van der Waals surface area contributed by atoms with Crippen molar-refractivity contribution >= 4 is 27.6 Å². The first-order valence-corrected chi connectivity index (χ1v) is 10.0. The predicted octanol–water partition coefficient (Wildman–Crippen LogP) is 4.40. The van der Waals surface area contributed by atoms with E-state index in [2.05, 4.69) is 20.7 Å². The fraction of sp³-hybridized carbons (Fsp3) is 0.273. The molecular formula is C22H20F3N5O. The van der Waals surface area contributed by atoms with E-state index in [1.54, 1.807) is 17.0 Å². The van der Waals surface area contributed by atoms with Crippen molar-refractivity contribution in [1.82, 2.24) is 14.5 Å². The van der Waals surface area contributed by atoms with Gasteiger partial charge >= 0.3 is 6.36 Å². The third-order valence-corrected chi connectivity index (χ3v) is 5.56. The van der Waals surface area contributed by atoms with Gasteiger partial charge in [-0.05, 0) is 43.2 Å². The number of hydrogen-bond donors (Lipinski definition) is 1. The molecule has 1 aliphatic heterocycles. The molecule has 31 heavy (non-hydrogen) atoms. The van der Waals surface area contributed by atoms with E-state index in [4.69, 9.17) is 10.7 Å². The fourth-order valence-corrected chi connectivity index (χ4v) is 4.02. The summed E-state index contributed by atoms with van der Waals surface area (Å²) < 4.78 is 43.3. The number of anilines is 1. The number of rotatable bonds is 3. The second-order valence-corrected chi connectivity index (χ2v) is 7.66. The number of halogens is 3. The molecule has 5 rings (SSSR count). The summed E-state index contributed by atoms with van der Waals surface area (Å²) in [5, 5.41) is 1.02. The number of benzene rings is 2. The molecule has 4 aromatic rings. The van der Waals surface area contributed by atoms with Crippen molar-refractivity contribution < 1.29 is 17.9 Å². The van der Waals surface area contributed by atoms with Crippen LogP contribution in [-0.2, 0) is 0 Å². The molecule has 9 heteroatoms. The molecule has 0 spiro atoms. The van der Waals surface area contributed by atoms with Crippen LogP contribution in [0.15, 0.2) is 54.9 Å². The van der Waals surface area contributed by atoms with Crippen molar-refractivity contribution in [1.29, 1.82) is 0 Å². The summed E-state index contributed by atoms with van der Waals surface area (Å²) in [6.07, 6.45) is -1.32. The van der Waals surface area contributed by atoms with E-state index in [0.717, 1.165) is 42.5 Å². The average molecular weight is 427 g/mol. The predicted molar refractivity (Wildman–Crippen MR) is 112 cm³/mol. The molecule has 1 aliphatic rings. The number of imidazole rings is 1. The van der Waals surface area contributed by atoms with Gasteiger partial charge in [-0.1, -0.05) is 12.1 Å². The van der Waals surface area contributed by atoms with Gasteiger partial charge in [-0.15, -0.1) is 13.2 Å². The zero-order valence-electron chi connectivity index (χ0n) is 16.5. The van der Waals surface area contributed by atoms with Crippen LogP contribution < -0.4 is 15.4 Å². The van der Waals surface area contributed by atoms with Crippen LogP contribution in [0, 0.1) is 0 Å². The molecule has 2 aromatic heterocycles. The molecular weight excluding hydrogens is 407 g/mol. The Morgan fingerprint density at radius 1 is 1.03 bits per heavy atom. The second-order valence-electron chi connectivity index (χ2n) is 7.66. The quantitative estimate of drug-likeness (QED) is 0.525. The second kappa shape index (κ2) is 7.42. The van der Waals surface area contributed by atoms with Gasteiger partial charge < -0.3 is 15.4 Å². The monoisotopic (exact) mass is 427 g/mol. The van der Waals surface area contributed by atoms with E-state index in [0.29, 0.717) is 16.9 Å². The van der Waals surface area contributed by atoms with Crippen LogP contribution in [0.3, 0.4) is 0 Å². The Kier molecular flexibility index (Phi) is 4.70. The molecule has 1 fully saturated rings. The lowest BCUT2D eigenvalue weighted by atomic mass is 10.0. The highest BCUT2D eigenvalue weighted by Crippen LogP contribution is 2.30. The minimum atomic E-state index is -4.75. The third-order valence-electron chi connectivity index (χ3n) is 5.56. The van der Waals surface area contributed by atoms with Gasteiger partial charge in [0.2, 0.25) is 0 Å². The molecule has 0 saturated carbocycles. The van der Waals surface area contributed by atoms with Crippen molar-refractivity contribution in [2.45, 2.75) is 25.2 Å². The number of aromatic nitrogens is 3. The molecule has 1 saturated heterocycles. The third kappa shape index (κ3) is 3.88. The summed E-state index contributed by atoms with van der Waals surface area (Å²) in [5.41, 5.74) is 9.00. The van der Waals surface area contributed by atoms with Crippen LogP contribution in [0.2, 0.25) is 0 Å². The van der Waals surface area contributed by atoms with E-state index < -0.39 is 6.36 Å². The summed E-state index contributed by atoms with van der Waals surface area (Å²) in [7, 11) is 0. The maximum absolute atomic E-state index is 12.5. The lowest BCUT2D eigenvalue weighted by Crippen LogP contribution is -2.39. The van der Waals surface area contributed by atoms with Crippen LogP contribution in [0.5, 0.6) is 5.75 Å². The largest absolute Gasteiger partial charge is 0.573 e. The van der Waals surface area contributed by atoms with E-state index in [-0.39, 0.29) is 11.8 Å². The zero-order valence-corrected chi connectivity index (χ0v) is 16.5. The molecule has 0 aliphatic carbocycles. The molecule has 0 amide bonds. The molecule has 3 heterocycles. The highest BCUT2D eigenvalue weighted by Gasteiger charge is 2.31. The number of nitrogens with two attached hydrogens (primary N) is 1. The zero-order chi connectivity index (χ0) is 21.6. The molecule has 0 atom stereocenters. The Balaban J connectivity index is 1.54. The van der Waals surface area contributed by atoms with Gasteiger partial charge in [0.05, 0.1) is 22.2 Å². The average Bonchev–Trinajstić information content (AvgIpc) is 3.15. The Hall–Kier alpha value is -3.33. The van der Waals surface area contributed by atoms with E-state index in [1.165, 1.54) is 12.1 Å². The standard InChI is InChI=1S/C22H20F3N5O/c23-22(24,25)31-16-5-6-18-17(12-16)27-13-30(18)20-7-4-14-2-1-3-19(21(14)28-20)29-10-8-15(26)9-11-29/h1-7,12-13,15H,8-11,26H2. The first kappa shape index (κ1) is 19.6. The van der Waals surface area contributed by atoms with Crippen molar-refractivity contribution in [3.05, 3.63) is 54.9 Å². The van der Waals surface area contributed by atoms with Gasteiger partial charge in [-0.2, -0.15) is 0 Å². The lowest BCUT2D eigenvalue weighted by molar-refractivity contribution is -0.274. The van der Waals surface area contributed by atoms with Crippen LogP contribution >= 0.6 is 0 Å². The number of piperidine rings is 1. The fourth-order valence-electron chi connectivity index (χ4n) is 4.02. The molecule has 2 N–H and O–H groups in total.